The van der Waals surface area contributed by atoms with Gasteiger partial charge in [0.1, 0.15) is 6.04 Å². The lowest BCUT2D eigenvalue weighted by atomic mass is 10.3. The smallest absolute Gasteiger partial charge is 0.327 e. The number of aryl methyl sites for hydroxylation is 1. The van der Waals surface area contributed by atoms with Crippen LogP contribution in [0.25, 0.3) is 0 Å². The summed E-state index contributed by atoms with van der Waals surface area (Å²) in [5.74, 6) is -1.35. The van der Waals surface area contributed by atoms with Crippen molar-refractivity contribution in [3.05, 3.63) is 21.9 Å². The van der Waals surface area contributed by atoms with Crippen molar-refractivity contribution >= 4 is 34.0 Å². The summed E-state index contributed by atoms with van der Waals surface area (Å²) in [4.78, 5) is 24.0. The van der Waals surface area contributed by atoms with Crippen molar-refractivity contribution in [3.8, 4) is 0 Å². The Balaban J connectivity index is 2.57. The average Bonchev–Trinajstić information content (AvgIpc) is 2.75. The van der Waals surface area contributed by atoms with Gasteiger partial charge in [0.25, 0.3) is 0 Å². The Labute approximate surface area is 118 Å². The first-order chi connectivity index (χ1) is 8.92. The molecule has 0 aliphatic rings. The monoisotopic (exact) mass is 303 g/mol. The molecule has 1 rings (SSSR count). The minimum absolute atomic E-state index is 0.0751. The fourth-order valence-electron chi connectivity index (χ4n) is 1.51. The van der Waals surface area contributed by atoms with Gasteiger partial charge in [-0.15, -0.1) is 11.3 Å². The van der Waals surface area contributed by atoms with Crippen molar-refractivity contribution in [2.75, 3.05) is 5.75 Å². The molecule has 2 N–H and O–H groups in total. The van der Waals surface area contributed by atoms with Crippen molar-refractivity contribution in [3.63, 3.8) is 0 Å². The van der Waals surface area contributed by atoms with E-state index in [0.29, 0.717) is 5.75 Å². The molecule has 0 saturated carbocycles. The molecule has 5 nitrogen and oxygen atoms in total. The first kappa shape index (κ1) is 15.8. The summed E-state index contributed by atoms with van der Waals surface area (Å²) in [6, 6.07) is 2.80. The minimum Gasteiger partial charge on any atom is -0.480 e. The van der Waals surface area contributed by atoms with Crippen LogP contribution in [0.3, 0.4) is 0 Å². The molecule has 0 bridgehead atoms. The summed E-state index contributed by atoms with van der Waals surface area (Å²) < 4.78 is 11.9. The van der Waals surface area contributed by atoms with E-state index >= 15 is 0 Å². The third-order valence-electron chi connectivity index (χ3n) is 2.40. The third-order valence-corrected chi connectivity index (χ3v) is 5.15. The highest BCUT2D eigenvalue weighted by Crippen LogP contribution is 2.18. The van der Waals surface area contributed by atoms with Crippen LogP contribution < -0.4 is 5.32 Å². The van der Waals surface area contributed by atoms with E-state index in [2.05, 4.69) is 5.32 Å². The van der Waals surface area contributed by atoms with E-state index < -0.39 is 28.7 Å². The molecule has 106 valence electrons. The second kappa shape index (κ2) is 7.40. The zero-order chi connectivity index (χ0) is 14.4. The lowest BCUT2D eigenvalue weighted by Crippen LogP contribution is -2.43. The molecule has 19 heavy (non-hydrogen) atoms. The van der Waals surface area contributed by atoms with Gasteiger partial charge in [0.05, 0.1) is 11.5 Å². The van der Waals surface area contributed by atoms with Crippen LogP contribution in [0.4, 0.5) is 0 Å². The molecule has 0 fully saturated rings. The van der Waals surface area contributed by atoms with E-state index in [9.17, 15) is 13.8 Å². The predicted octanol–water partition coefficient (Wildman–Crippen LogP) is 1.15. The number of rotatable bonds is 7. The van der Waals surface area contributed by atoms with Gasteiger partial charge < -0.3 is 10.4 Å². The van der Waals surface area contributed by atoms with Crippen LogP contribution in [0.15, 0.2) is 12.1 Å². The SMILES string of the molecule is CCc1ccc(CS(=O)C[C@H](NC(C)=O)C(=O)O)s1. The normalized spacial score (nSPS) is 13.8. The molecule has 2 atom stereocenters. The molecule has 1 aromatic heterocycles. The van der Waals surface area contributed by atoms with Crippen LogP contribution in [-0.4, -0.2) is 33.0 Å². The van der Waals surface area contributed by atoms with Gasteiger partial charge in [0.15, 0.2) is 0 Å². The van der Waals surface area contributed by atoms with Crippen molar-refractivity contribution in [2.24, 2.45) is 0 Å². The fourth-order valence-corrected chi connectivity index (χ4v) is 4.03. The number of carbonyl (C=O) groups excluding carboxylic acids is 1. The van der Waals surface area contributed by atoms with Gasteiger partial charge in [-0.2, -0.15) is 0 Å². The summed E-state index contributed by atoms with van der Waals surface area (Å²) in [5, 5.41) is 11.2. The van der Waals surface area contributed by atoms with Crippen LogP contribution >= 0.6 is 11.3 Å². The molecule has 0 aliphatic heterocycles. The summed E-state index contributed by atoms with van der Waals surface area (Å²) >= 11 is 1.58. The highest BCUT2D eigenvalue weighted by Gasteiger charge is 2.21. The standard InChI is InChI=1S/C12H17NO4S2/c1-3-9-4-5-10(18-9)6-19(17)7-11(12(15)16)13-8(2)14/h4-5,11H,3,6-7H2,1-2H3,(H,13,14)(H,15,16)/t11-,19?/m0/s1. The Morgan fingerprint density at radius 2 is 2.05 bits per heavy atom. The number of hydrogen-bond acceptors (Lipinski definition) is 4. The highest BCUT2D eigenvalue weighted by atomic mass is 32.2. The summed E-state index contributed by atoms with van der Waals surface area (Å²) in [6.07, 6.45) is 0.931. The van der Waals surface area contributed by atoms with E-state index in [1.165, 1.54) is 11.8 Å². The van der Waals surface area contributed by atoms with Crippen molar-refractivity contribution in [2.45, 2.75) is 32.1 Å². The molecule has 0 saturated heterocycles. The van der Waals surface area contributed by atoms with Gasteiger partial charge in [-0.25, -0.2) is 4.79 Å². The Morgan fingerprint density at radius 1 is 1.42 bits per heavy atom. The van der Waals surface area contributed by atoms with E-state index in [4.69, 9.17) is 5.11 Å². The summed E-state index contributed by atoms with van der Waals surface area (Å²) in [7, 11) is -1.31. The quantitative estimate of drug-likeness (QED) is 0.791. The molecular formula is C12H17NO4S2. The Bertz CT molecular complexity index is 484. The fraction of sp³-hybridized carbons (Fsp3) is 0.500. The third kappa shape index (κ3) is 5.52. The first-order valence-electron chi connectivity index (χ1n) is 5.84. The molecule has 1 unspecified atom stereocenters. The predicted molar refractivity (Wildman–Crippen MR) is 75.7 cm³/mol. The lowest BCUT2D eigenvalue weighted by Gasteiger charge is -2.12. The van der Waals surface area contributed by atoms with E-state index in [0.717, 1.165) is 11.3 Å². The number of carboxylic acid groups (broad SMARTS) is 1. The second-order valence-corrected chi connectivity index (χ2v) is 6.82. The molecule has 1 heterocycles. The number of hydrogen-bond donors (Lipinski definition) is 2. The van der Waals surface area contributed by atoms with Crippen molar-refractivity contribution in [1.82, 2.24) is 5.32 Å². The summed E-state index contributed by atoms with van der Waals surface area (Å²) in [5.41, 5.74) is 0. The molecule has 1 aromatic rings. The molecule has 0 spiro atoms. The molecule has 0 aromatic carbocycles. The van der Waals surface area contributed by atoms with Gasteiger partial charge >= 0.3 is 5.97 Å². The molecular weight excluding hydrogens is 286 g/mol. The maximum Gasteiger partial charge on any atom is 0.327 e. The van der Waals surface area contributed by atoms with Crippen LogP contribution in [-0.2, 0) is 32.6 Å². The van der Waals surface area contributed by atoms with Crippen LogP contribution in [0, 0.1) is 0 Å². The maximum atomic E-state index is 11.9. The van der Waals surface area contributed by atoms with Crippen LogP contribution in [0.2, 0.25) is 0 Å². The van der Waals surface area contributed by atoms with Crippen LogP contribution in [0.1, 0.15) is 23.6 Å². The first-order valence-corrected chi connectivity index (χ1v) is 8.15. The van der Waals surface area contributed by atoms with Gasteiger partial charge in [0.2, 0.25) is 5.91 Å². The largest absolute Gasteiger partial charge is 0.480 e. The lowest BCUT2D eigenvalue weighted by molar-refractivity contribution is -0.140. The second-order valence-electron chi connectivity index (χ2n) is 4.06. The van der Waals surface area contributed by atoms with Gasteiger partial charge in [-0.05, 0) is 18.6 Å². The Kier molecular flexibility index (Phi) is 6.17. The highest BCUT2D eigenvalue weighted by molar-refractivity contribution is 7.84. The van der Waals surface area contributed by atoms with E-state index in [1.54, 1.807) is 11.3 Å². The zero-order valence-corrected chi connectivity index (χ0v) is 12.5. The minimum atomic E-state index is -1.31. The number of thiophene rings is 1. The zero-order valence-electron chi connectivity index (χ0n) is 10.8. The molecule has 1 amide bonds. The number of amides is 1. The Hall–Kier alpha value is -1.21. The van der Waals surface area contributed by atoms with Crippen molar-refractivity contribution < 1.29 is 18.9 Å². The molecule has 7 heteroatoms. The number of nitrogens with one attached hydrogen (secondary N) is 1. The molecule has 0 radical (unpaired) electrons. The van der Waals surface area contributed by atoms with Gasteiger partial charge in [-0.1, -0.05) is 6.92 Å². The van der Waals surface area contributed by atoms with Crippen molar-refractivity contribution in [1.29, 1.82) is 0 Å². The Morgan fingerprint density at radius 3 is 2.53 bits per heavy atom. The maximum absolute atomic E-state index is 11.9. The summed E-state index contributed by atoms with van der Waals surface area (Å²) in [6.45, 7) is 3.29. The number of aliphatic carboxylic acids is 1. The van der Waals surface area contributed by atoms with Gasteiger partial charge in [-0.3, -0.25) is 9.00 Å². The number of carboxylic acids is 1. The van der Waals surface area contributed by atoms with Gasteiger partial charge in [0, 0.05) is 27.5 Å². The van der Waals surface area contributed by atoms with E-state index in [1.807, 2.05) is 19.1 Å². The average molecular weight is 303 g/mol. The molecule has 0 aliphatic carbocycles. The van der Waals surface area contributed by atoms with Crippen LogP contribution in [0.5, 0.6) is 0 Å². The number of carbonyl (C=O) groups is 2. The topological polar surface area (TPSA) is 83.5 Å². The van der Waals surface area contributed by atoms with E-state index in [-0.39, 0.29) is 5.75 Å².